The molecule has 2 rings (SSSR count). The van der Waals surface area contributed by atoms with Gasteiger partial charge in [-0.1, -0.05) is 43.3 Å². The van der Waals surface area contributed by atoms with Crippen molar-refractivity contribution in [2.75, 3.05) is 5.73 Å². The number of nitrogens with two attached hydrogens (primary N) is 1. The van der Waals surface area contributed by atoms with Crippen molar-refractivity contribution in [3.8, 4) is 0 Å². The highest BCUT2D eigenvalue weighted by Crippen LogP contribution is 2.26. The van der Waals surface area contributed by atoms with Gasteiger partial charge in [-0.2, -0.15) is 0 Å². The van der Waals surface area contributed by atoms with Crippen LogP contribution in [-0.2, 0) is 0 Å². The smallest absolute Gasteiger partial charge is 0.127 e. The van der Waals surface area contributed by atoms with Crippen LogP contribution in [-0.4, -0.2) is 4.98 Å². The normalized spacial score (nSPS) is 12.3. The topological polar surface area (TPSA) is 38.9 Å². The molecule has 0 spiro atoms. The Morgan fingerprint density at radius 1 is 1.07 bits per heavy atom. The maximum absolute atomic E-state index is 5.85. The minimum absolute atomic E-state index is 0.292. The van der Waals surface area contributed by atoms with Gasteiger partial charge in [0.2, 0.25) is 0 Å². The van der Waals surface area contributed by atoms with E-state index in [9.17, 15) is 0 Å². The third kappa shape index (κ3) is 1.99. The van der Waals surface area contributed by atoms with Gasteiger partial charge in [0, 0.05) is 17.7 Å². The van der Waals surface area contributed by atoms with Crippen molar-refractivity contribution in [2.24, 2.45) is 0 Å². The van der Waals surface area contributed by atoms with Gasteiger partial charge in [-0.3, -0.25) is 0 Å². The van der Waals surface area contributed by atoms with Gasteiger partial charge in [0.25, 0.3) is 0 Å². The number of rotatable bonds is 2. The van der Waals surface area contributed by atoms with Crippen LogP contribution in [0.4, 0.5) is 5.82 Å². The van der Waals surface area contributed by atoms with Crippen LogP contribution < -0.4 is 5.73 Å². The molecule has 1 atom stereocenters. The fourth-order valence-electron chi connectivity index (χ4n) is 1.72. The van der Waals surface area contributed by atoms with Crippen LogP contribution in [0.15, 0.2) is 48.7 Å². The van der Waals surface area contributed by atoms with E-state index in [0.717, 1.165) is 5.56 Å². The van der Waals surface area contributed by atoms with E-state index in [-0.39, 0.29) is 0 Å². The van der Waals surface area contributed by atoms with E-state index in [1.165, 1.54) is 5.56 Å². The monoisotopic (exact) mass is 198 g/mol. The highest BCUT2D eigenvalue weighted by atomic mass is 14.8. The highest BCUT2D eigenvalue weighted by Gasteiger charge is 2.10. The Kier molecular flexibility index (Phi) is 2.68. The molecule has 0 fully saturated rings. The van der Waals surface area contributed by atoms with E-state index < -0.39 is 0 Å². The lowest BCUT2D eigenvalue weighted by molar-refractivity contribution is 0.917. The number of hydrogen-bond acceptors (Lipinski definition) is 2. The summed E-state index contributed by atoms with van der Waals surface area (Å²) in [4.78, 5) is 4.10. The van der Waals surface area contributed by atoms with Crippen LogP contribution >= 0.6 is 0 Å². The molecule has 0 amide bonds. The Bertz CT molecular complexity index is 437. The molecule has 0 saturated heterocycles. The number of hydrogen-bond donors (Lipinski definition) is 1. The molecule has 0 aliphatic heterocycles. The number of benzene rings is 1. The quantitative estimate of drug-likeness (QED) is 0.805. The molecule has 0 aliphatic rings. The molecule has 1 heterocycles. The number of nitrogens with zero attached hydrogens (tertiary/aromatic N) is 1. The minimum atomic E-state index is 0.292. The molecule has 0 bridgehead atoms. The van der Waals surface area contributed by atoms with Gasteiger partial charge < -0.3 is 5.73 Å². The molecule has 0 unspecified atom stereocenters. The lowest BCUT2D eigenvalue weighted by Gasteiger charge is -2.13. The van der Waals surface area contributed by atoms with E-state index in [1.54, 1.807) is 6.20 Å². The Hall–Kier alpha value is -1.83. The summed E-state index contributed by atoms with van der Waals surface area (Å²) in [5.41, 5.74) is 8.20. The summed E-state index contributed by atoms with van der Waals surface area (Å²) in [6, 6.07) is 14.3. The van der Waals surface area contributed by atoms with Crippen LogP contribution in [0.5, 0.6) is 0 Å². The highest BCUT2D eigenvalue weighted by molar-refractivity contribution is 5.45. The number of pyridine rings is 1. The summed E-state index contributed by atoms with van der Waals surface area (Å²) in [5.74, 6) is 0.911. The molecular formula is C13H14N2. The second kappa shape index (κ2) is 4.13. The van der Waals surface area contributed by atoms with Crippen molar-refractivity contribution >= 4 is 5.82 Å². The maximum Gasteiger partial charge on any atom is 0.127 e. The molecule has 0 saturated carbocycles. The van der Waals surface area contributed by atoms with Gasteiger partial charge in [0.05, 0.1) is 0 Å². The van der Waals surface area contributed by atoms with Crippen molar-refractivity contribution in [3.05, 3.63) is 59.8 Å². The van der Waals surface area contributed by atoms with Crippen molar-refractivity contribution in [3.63, 3.8) is 0 Å². The Labute approximate surface area is 89.8 Å². The third-order valence-corrected chi connectivity index (χ3v) is 2.64. The molecule has 1 aromatic heterocycles. The predicted octanol–water partition coefficient (Wildman–Crippen LogP) is 2.82. The molecule has 2 N–H and O–H groups in total. The van der Waals surface area contributed by atoms with Gasteiger partial charge in [0.15, 0.2) is 0 Å². The summed E-state index contributed by atoms with van der Waals surface area (Å²) in [5, 5.41) is 0. The van der Waals surface area contributed by atoms with Gasteiger partial charge in [0.1, 0.15) is 5.82 Å². The molecule has 2 aromatic rings. The zero-order valence-corrected chi connectivity index (χ0v) is 8.72. The molecule has 15 heavy (non-hydrogen) atoms. The Morgan fingerprint density at radius 3 is 2.47 bits per heavy atom. The van der Waals surface area contributed by atoms with Gasteiger partial charge in [-0.05, 0) is 11.6 Å². The zero-order valence-electron chi connectivity index (χ0n) is 8.72. The second-order valence-electron chi connectivity index (χ2n) is 3.61. The Balaban J connectivity index is 2.37. The van der Waals surface area contributed by atoms with Crippen LogP contribution in [0.1, 0.15) is 24.0 Å². The summed E-state index contributed by atoms with van der Waals surface area (Å²) in [6.45, 7) is 2.14. The number of anilines is 1. The first-order valence-electron chi connectivity index (χ1n) is 5.04. The molecule has 76 valence electrons. The van der Waals surface area contributed by atoms with Crippen LogP contribution in [0.3, 0.4) is 0 Å². The molecule has 1 aromatic carbocycles. The first-order chi connectivity index (χ1) is 7.29. The first kappa shape index (κ1) is 9.71. The van der Waals surface area contributed by atoms with Gasteiger partial charge in [-0.15, -0.1) is 0 Å². The van der Waals surface area contributed by atoms with Crippen LogP contribution in [0.2, 0.25) is 0 Å². The van der Waals surface area contributed by atoms with Crippen LogP contribution in [0.25, 0.3) is 0 Å². The molecule has 2 heteroatoms. The van der Waals surface area contributed by atoms with Crippen molar-refractivity contribution in [2.45, 2.75) is 12.8 Å². The van der Waals surface area contributed by atoms with E-state index in [2.05, 4.69) is 24.0 Å². The molecule has 0 radical (unpaired) electrons. The molecule has 2 nitrogen and oxygen atoms in total. The lowest BCUT2D eigenvalue weighted by Crippen LogP contribution is -2.02. The van der Waals surface area contributed by atoms with Crippen molar-refractivity contribution in [1.29, 1.82) is 0 Å². The average molecular weight is 198 g/mol. The Morgan fingerprint density at radius 2 is 1.80 bits per heavy atom. The fourth-order valence-corrected chi connectivity index (χ4v) is 1.72. The molecular weight excluding hydrogens is 184 g/mol. The summed E-state index contributed by atoms with van der Waals surface area (Å²) < 4.78 is 0. The average Bonchev–Trinajstić information content (AvgIpc) is 2.30. The van der Waals surface area contributed by atoms with Crippen molar-refractivity contribution in [1.82, 2.24) is 4.98 Å². The van der Waals surface area contributed by atoms with E-state index in [1.807, 2.05) is 30.3 Å². The minimum Gasteiger partial charge on any atom is -0.383 e. The maximum atomic E-state index is 5.85. The molecule has 0 aliphatic carbocycles. The zero-order chi connectivity index (χ0) is 10.7. The SMILES string of the molecule is C[C@H](c1ccccc1)c1cccnc1N. The van der Waals surface area contributed by atoms with E-state index in [0.29, 0.717) is 11.7 Å². The number of nitrogen functional groups attached to an aromatic ring is 1. The third-order valence-electron chi connectivity index (χ3n) is 2.64. The predicted molar refractivity (Wildman–Crippen MR) is 62.6 cm³/mol. The number of aromatic nitrogens is 1. The standard InChI is InChI=1S/C13H14N2/c1-10(11-6-3-2-4-7-11)12-8-5-9-15-13(12)14/h2-10H,1H3,(H2,14,15)/t10-/m1/s1. The lowest BCUT2D eigenvalue weighted by atomic mass is 9.94. The van der Waals surface area contributed by atoms with E-state index >= 15 is 0 Å². The summed E-state index contributed by atoms with van der Waals surface area (Å²) in [6.07, 6.45) is 1.72. The van der Waals surface area contributed by atoms with Gasteiger partial charge >= 0.3 is 0 Å². The summed E-state index contributed by atoms with van der Waals surface area (Å²) in [7, 11) is 0. The fraction of sp³-hybridized carbons (Fsp3) is 0.154. The van der Waals surface area contributed by atoms with Gasteiger partial charge in [-0.25, -0.2) is 4.98 Å². The van der Waals surface area contributed by atoms with Crippen LogP contribution in [0, 0.1) is 0 Å². The summed E-state index contributed by atoms with van der Waals surface area (Å²) >= 11 is 0. The largest absolute Gasteiger partial charge is 0.383 e. The second-order valence-corrected chi connectivity index (χ2v) is 3.61. The first-order valence-corrected chi connectivity index (χ1v) is 5.04. The van der Waals surface area contributed by atoms with Crippen molar-refractivity contribution < 1.29 is 0 Å². The van der Waals surface area contributed by atoms with E-state index in [4.69, 9.17) is 5.73 Å².